The number of hydrogen-bond donors (Lipinski definition) is 0. The second-order valence-electron chi connectivity index (χ2n) is 5.50. The van der Waals surface area contributed by atoms with Crippen LogP contribution in [0.25, 0.3) is 0 Å². The summed E-state index contributed by atoms with van der Waals surface area (Å²) in [5.74, 6) is -0.568. The molecule has 2 aliphatic heterocycles. The summed E-state index contributed by atoms with van der Waals surface area (Å²) in [4.78, 5) is 42.7. The molecule has 0 spiro atoms. The first kappa shape index (κ1) is 15.4. The Bertz CT molecular complexity index is 639. The second kappa shape index (κ2) is 6.70. The van der Waals surface area contributed by atoms with Gasteiger partial charge in [-0.1, -0.05) is 6.08 Å². The van der Waals surface area contributed by atoms with Crippen LogP contribution in [0.2, 0.25) is 0 Å². The van der Waals surface area contributed by atoms with Gasteiger partial charge in [-0.3, -0.25) is 19.3 Å². The molecule has 1 fully saturated rings. The molecule has 0 radical (unpaired) electrons. The van der Waals surface area contributed by atoms with E-state index in [4.69, 9.17) is 4.42 Å². The molecule has 0 bridgehead atoms. The van der Waals surface area contributed by atoms with Crippen LogP contribution in [0.4, 0.5) is 0 Å². The zero-order valence-corrected chi connectivity index (χ0v) is 12.6. The Labute approximate surface area is 133 Å². The van der Waals surface area contributed by atoms with Gasteiger partial charge in [-0.25, -0.2) is 4.99 Å². The van der Waals surface area contributed by atoms with E-state index in [-0.39, 0.29) is 24.1 Å². The van der Waals surface area contributed by atoms with E-state index < -0.39 is 5.92 Å². The summed E-state index contributed by atoms with van der Waals surface area (Å²) in [6.07, 6.45) is 5.76. The van der Waals surface area contributed by atoms with Crippen molar-refractivity contribution in [2.75, 3.05) is 32.7 Å². The minimum atomic E-state index is -0.469. The van der Waals surface area contributed by atoms with E-state index in [2.05, 4.69) is 4.99 Å². The Morgan fingerprint density at radius 2 is 2.04 bits per heavy atom. The molecule has 1 unspecified atom stereocenters. The van der Waals surface area contributed by atoms with E-state index in [9.17, 15) is 14.4 Å². The summed E-state index contributed by atoms with van der Waals surface area (Å²) < 4.78 is 5.09. The number of furan rings is 1. The van der Waals surface area contributed by atoms with E-state index in [1.54, 1.807) is 23.1 Å². The summed E-state index contributed by atoms with van der Waals surface area (Å²) in [6, 6.07) is 3.34. The lowest BCUT2D eigenvalue weighted by Gasteiger charge is -2.35. The number of carbonyl (C=O) groups excluding carboxylic acids is 3. The summed E-state index contributed by atoms with van der Waals surface area (Å²) in [6.45, 7) is 2.65. The van der Waals surface area contributed by atoms with Gasteiger partial charge < -0.3 is 9.32 Å². The maximum Gasteiger partial charge on any atom is 0.269 e. The number of carbonyl (C=O) groups is 3. The number of nitrogens with zero attached hydrogens (tertiary/aromatic N) is 3. The molecular weight excluding hydrogens is 298 g/mol. The van der Waals surface area contributed by atoms with Crippen molar-refractivity contribution in [3.63, 3.8) is 0 Å². The molecule has 120 valence electrons. The fraction of sp³-hybridized carbons (Fsp3) is 0.375. The molecule has 0 saturated carbocycles. The normalized spacial score (nSPS) is 21.7. The van der Waals surface area contributed by atoms with Crippen LogP contribution in [-0.4, -0.2) is 66.3 Å². The maximum atomic E-state index is 12.3. The van der Waals surface area contributed by atoms with Gasteiger partial charge in [0.15, 0.2) is 5.76 Å². The fourth-order valence-corrected chi connectivity index (χ4v) is 2.63. The Hall–Kier alpha value is -2.54. The molecule has 7 nitrogen and oxygen atoms in total. The van der Waals surface area contributed by atoms with Crippen molar-refractivity contribution in [3.8, 4) is 0 Å². The third kappa shape index (κ3) is 3.62. The van der Waals surface area contributed by atoms with Crippen LogP contribution in [0.15, 0.2) is 40.0 Å². The number of amides is 2. The van der Waals surface area contributed by atoms with Crippen LogP contribution in [0, 0.1) is 5.92 Å². The quantitative estimate of drug-likeness (QED) is 0.751. The molecule has 1 atom stereocenters. The average Bonchev–Trinajstić information content (AvgIpc) is 3.10. The minimum Gasteiger partial charge on any atom is -0.461 e. The van der Waals surface area contributed by atoms with E-state index in [1.165, 1.54) is 18.6 Å². The highest BCUT2D eigenvalue weighted by molar-refractivity contribution is 6.05. The predicted octanol–water partition coefficient (Wildman–Crippen LogP) is 0.390. The molecule has 7 heteroatoms. The van der Waals surface area contributed by atoms with E-state index in [0.717, 1.165) is 0 Å². The summed E-state index contributed by atoms with van der Waals surface area (Å²) >= 11 is 0. The first-order chi connectivity index (χ1) is 11.1. The van der Waals surface area contributed by atoms with Gasteiger partial charge in [0, 0.05) is 38.5 Å². The summed E-state index contributed by atoms with van der Waals surface area (Å²) in [7, 11) is 0. The van der Waals surface area contributed by atoms with Crippen LogP contribution in [0.3, 0.4) is 0 Å². The number of rotatable bonds is 4. The van der Waals surface area contributed by atoms with E-state index >= 15 is 0 Å². The van der Waals surface area contributed by atoms with Gasteiger partial charge in [0.05, 0.1) is 18.7 Å². The van der Waals surface area contributed by atoms with Crippen LogP contribution in [0.1, 0.15) is 10.6 Å². The zero-order chi connectivity index (χ0) is 16.2. The van der Waals surface area contributed by atoms with Gasteiger partial charge in [-0.15, -0.1) is 0 Å². The van der Waals surface area contributed by atoms with Crippen LogP contribution in [0.5, 0.6) is 0 Å². The predicted molar refractivity (Wildman–Crippen MR) is 82.2 cm³/mol. The molecule has 3 rings (SSSR count). The molecule has 1 aromatic heterocycles. The van der Waals surface area contributed by atoms with Gasteiger partial charge in [0.25, 0.3) is 5.91 Å². The molecular formula is C16H17N3O4. The number of Topliss-reactive ketones (excluding diaryl/α,β-unsaturated/α-hetero) is 1. The molecule has 3 heterocycles. The van der Waals surface area contributed by atoms with Crippen molar-refractivity contribution >= 4 is 23.8 Å². The largest absolute Gasteiger partial charge is 0.461 e. The van der Waals surface area contributed by atoms with Crippen LogP contribution in [-0.2, 0) is 9.59 Å². The molecule has 1 aromatic rings. The first-order valence-electron chi connectivity index (χ1n) is 7.47. The lowest BCUT2D eigenvalue weighted by atomic mass is 10.1. The van der Waals surface area contributed by atoms with Gasteiger partial charge in [-0.2, -0.15) is 0 Å². The van der Waals surface area contributed by atoms with E-state index in [0.29, 0.717) is 31.9 Å². The van der Waals surface area contributed by atoms with Gasteiger partial charge in [0.1, 0.15) is 0 Å². The third-order valence-corrected chi connectivity index (χ3v) is 3.94. The Morgan fingerprint density at radius 1 is 1.26 bits per heavy atom. The Kier molecular flexibility index (Phi) is 4.47. The van der Waals surface area contributed by atoms with Gasteiger partial charge >= 0.3 is 0 Å². The summed E-state index contributed by atoms with van der Waals surface area (Å²) in [5.41, 5.74) is 0. The minimum absolute atomic E-state index is 0.0596. The second-order valence-corrected chi connectivity index (χ2v) is 5.50. The molecule has 0 aliphatic carbocycles. The molecule has 0 N–H and O–H groups in total. The van der Waals surface area contributed by atoms with Crippen LogP contribution >= 0.6 is 0 Å². The van der Waals surface area contributed by atoms with Gasteiger partial charge in [-0.05, 0) is 12.1 Å². The number of dihydropyridines is 1. The lowest BCUT2D eigenvalue weighted by molar-refractivity contribution is -0.133. The van der Waals surface area contributed by atoms with Crippen molar-refractivity contribution in [1.82, 2.24) is 9.80 Å². The number of aliphatic imine (C=N–C) groups is 1. The standard InChI is InChI=1S/C16H17N3O4/c20-13(14-2-1-9-23-14)11-18-5-7-19(8-6-18)16(22)12-3-4-15(21)17-10-12/h1-4,9-10,12H,5-8,11H2. The van der Waals surface area contributed by atoms with Crippen molar-refractivity contribution in [2.24, 2.45) is 10.9 Å². The van der Waals surface area contributed by atoms with Crippen molar-refractivity contribution in [2.45, 2.75) is 0 Å². The van der Waals surface area contributed by atoms with Crippen LogP contribution < -0.4 is 0 Å². The smallest absolute Gasteiger partial charge is 0.269 e. The van der Waals surface area contributed by atoms with Crippen molar-refractivity contribution in [1.29, 1.82) is 0 Å². The number of hydrogen-bond acceptors (Lipinski definition) is 5. The molecule has 2 amide bonds. The highest BCUT2D eigenvalue weighted by Gasteiger charge is 2.27. The monoisotopic (exact) mass is 315 g/mol. The molecule has 23 heavy (non-hydrogen) atoms. The van der Waals surface area contributed by atoms with Crippen molar-refractivity contribution in [3.05, 3.63) is 36.3 Å². The fourth-order valence-electron chi connectivity index (χ4n) is 2.63. The zero-order valence-electron chi connectivity index (χ0n) is 12.6. The average molecular weight is 315 g/mol. The highest BCUT2D eigenvalue weighted by Crippen LogP contribution is 2.11. The maximum absolute atomic E-state index is 12.3. The van der Waals surface area contributed by atoms with E-state index in [1.807, 2.05) is 4.90 Å². The van der Waals surface area contributed by atoms with Crippen molar-refractivity contribution < 1.29 is 18.8 Å². The molecule has 2 aliphatic rings. The lowest BCUT2D eigenvalue weighted by Crippen LogP contribution is -2.51. The molecule has 1 saturated heterocycles. The highest BCUT2D eigenvalue weighted by atomic mass is 16.3. The number of piperazine rings is 1. The third-order valence-electron chi connectivity index (χ3n) is 3.94. The Balaban J connectivity index is 1.49. The van der Waals surface area contributed by atoms with Gasteiger partial charge in [0.2, 0.25) is 11.7 Å². The molecule has 0 aromatic carbocycles. The first-order valence-corrected chi connectivity index (χ1v) is 7.47. The SMILES string of the molecule is O=C1C=CC(C(=O)N2CCN(CC(=O)c3ccco3)CC2)C=N1. The topological polar surface area (TPSA) is 83.2 Å². The number of ketones is 1. The summed E-state index contributed by atoms with van der Waals surface area (Å²) in [5, 5.41) is 0. The Morgan fingerprint density at radius 3 is 2.65 bits per heavy atom.